The van der Waals surface area contributed by atoms with Crippen molar-refractivity contribution in [2.45, 2.75) is 0 Å². The van der Waals surface area contributed by atoms with Gasteiger partial charge in [-0.25, -0.2) is 4.68 Å². The molecule has 0 aliphatic rings. The predicted octanol–water partition coefficient (Wildman–Crippen LogP) is 4.11. The predicted molar refractivity (Wildman–Crippen MR) is 105 cm³/mol. The molecular weight excluding hydrogens is 356 g/mol. The summed E-state index contributed by atoms with van der Waals surface area (Å²) in [5.74, 6) is -0.284. The van der Waals surface area contributed by atoms with E-state index in [0.717, 1.165) is 11.1 Å². The van der Waals surface area contributed by atoms with Crippen LogP contribution >= 0.6 is 0 Å². The summed E-state index contributed by atoms with van der Waals surface area (Å²) < 4.78 is 1.62. The van der Waals surface area contributed by atoms with E-state index in [0.29, 0.717) is 16.8 Å². The Morgan fingerprint density at radius 2 is 1.57 bits per heavy atom. The van der Waals surface area contributed by atoms with Crippen molar-refractivity contribution in [2.24, 2.45) is 0 Å². The van der Waals surface area contributed by atoms with Crippen molar-refractivity contribution in [3.05, 3.63) is 106 Å². The van der Waals surface area contributed by atoms with Gasteiger partial charge in [-0.15, -0.1) is 5.10 Å². The lowest BCUT2D eigenvalue weighted by molar-refractivity contribution is -0.384. The quantitative estimate of drug-likeness (QED) is 0.228. The van der Waals surface area contributed by atoms with Crippen LogP contribution in [-0.4, -0.2) is 25.7 Å². The van der Waals surface area contributed by atoms with Crippen LogP contribution in [0.3, 0.4) is 0 Å². The molecule has 136 valence electrons. The Balaban J connectivity index is 1.81. The molecule has 0 amide bonds. The molecule has 7 nitrogen and oxygen atoms in total. The number of carbonyl (C=O) groups is 1. The Kier molecular flexibility index (Phi) is 4.47. The number of ketones is 1. The number of aromatic nitrogens is 3. The third kappa shape index (κ3) is 3.28. The van der Waals surface area contributed by atoms with Crippen molar-refractivity contribution in [3.63, 3.8) is 0 Å². The molecule has 0 saturated carbocycles. The second-order valence-corrected chi connectivity index (χ2v) is 6.05. The first-order valence-electron chi connectivity index (χ1n) is 8.50. The first-order valence-corrected chi connectivity index (χ1v) is 8.50. The van der Waals surface area contributed by atoms with Crippen molar-refractivity contribution >= 4 is 28.2 Å². The number of para-hydroxylation sites is 1. The van der Waals surface area contributed by atoms with Gasteiger partial charge in [0.05, 0.1) is 16.1 Å². The molecule has 0 spiro atoms. The summed E-state index contributed by atoms with van der Waals surface area (Å²) in [6.45, 7) is 0. The smallest absolute Gasteiger partial charge is 0.269 e. The molecule has 7 heteroatoms. The minimum Gasteiger partial charge on any atom is -0.289 e. The zero-order valence-corrected chi connectivity index (χ0v) is 14.6. The standard InChI is InChI=1S/C21H14N4O3/c26-21(16-10-12-17(13-11-16)25(27)28)14-20(15-6-2-1-3-7-15)24-19-9-5-4-8-18(19)22-23-24/h1-14H/b20-14-. The maximum atomic E-state index is 12.8. The van der Waals surface area contributed by atoms with Gasteiger partial charge in [-0.3, -0.25) is 14.9 Å². The molecule has 4 rings (SSSR count). The molecule has 3 aromatic carbocycles. The van der Waals surface area contributed by atoms with E-state index in [1.165, 1.54) is 30.3 Å². The van der Waals surface area contributed by atoms with Gasteiger partial charge in [0, 0.05) is 29.3 Å². The van der Waals surface area contributed by atoms with Gasteiger partial charge in [-0.2, -0.15) is 0 Å². The average molecular weight is 370 g/mol. The zero-order valence-electron chi connectivity index (χ0n) is 14.6. The fourth-order valence-corrected chi connectivity index (χ4v) is 2.88. The van der Waals surface area contributed by atoms with E-state index in [2.05, 4.69) is 10.3 Å². The van der Waals surface area contributed by atoms with E-state index in [4.69, 9.17) is 0 Å². The van der Waals surface area contributed by atoms with E-state index in [9.17, 15) is 14.9 Å². The average Bonchev–Trinajstić information content (AvgIpc) is 3.16. The lowest BCUT2D eigenvalue weighted by atomic mass is 10.1. The van der Waals surface area contributed by atoms with Gasteiger partial charge in [0.15, 0.2) is 5.78 Å². The molecule has 0 radical (unpaired) electrons. The molecule has 0 saturated heterocycles. The first kappa shape index (κ1) is 17.3. The highest BCUT2D eigenvalue weighted by atomic mass is 16.6. The number of carbonyl (C=O) groups excluding carboxylic acids is 1. The molecule has 0 fully saturated rings. The van der Waals surface area contributed by atoms with E-state index >= 15 is 0 Å². The van der Waals surface area contributed by atoms with Crippen LogP contribution in [0.2, 0.25) is 0 Å². The van der Waals surface area contributed by atoms with E-state index < -0.39 is 4.92 Å². The molecule has 1 aromatic heterocycles. The van der Waals surface area contributed by atoms with Crippen molar-refractivity contribution in [2.75, 3.05) is 0 Å². The molecule has 28 heavy (non-hydrogen) atoms. The number of non-ortho nitro benzene ring substituents is 1. The topological polar surface area (TPSA) is 90.9 Å². The summed E-state index contributed by atoms with van der Waals surface area (Å²) >= 11 is 0. The number of hydrogen-bond acceptors (Lipinski definition) is 5. The molecule has 0 unspecified atom stereocenters. The number of fused-ring (bicyclic) bond motifs is 1. The number of rotatable bonds is 5. The second-order valence-electron chi connectivity index (χ2n) is 6.05. The number of allylic oxidation sites excluding steroid dienone is 1. The maximum Gasteiger partial charge on any atom is 0.269 e. The number of nitro groups is 1. The van der Waals surface area contributed by atoms with Gasteiger partial charge < -0.3 is 0 Å². The van der Waals surface area contributed by atoms with Crippen molar-refractivity contribution in [3.8, 4) is 0 Å². The molecule has 0 aliphatic carbocycles. The largest absolute Gasteiger partial charge is 0.289 e. The van der Waals surface area contributed by atoms with E-state index in [-0.39, 0.29) is 11.5 Å². The first-order chi connectivity index (χ1) is 13.6. The highest BCUT2D eigenvalue weighted by Gasteiger charge is 2.14. The van der Waals surface area contributed by atoms with Crippen LogP contribution in [0.1, 0.15) is 15.9 Å². The van der Waals surface area contributed by atoms with Crippen LogP contribution in [0.4, 0.5) is 5.69 Å². The molecule has 1 heterocycles. The monoisotopic (exact) mass is 370 g/mol. The summed E-state index contributed by atoms with van der Waals surface area (Å²) in [5.41, 5.74) is 3.14. The van der Waals surface area contributed by atoms with Crippen LogP contribution < -0.4 is 0 Å². The number of nitrogens with zero attached hydrogens (tertiary/aromatic N) is 4. The van der Waals surface area contributed by atoms with Gasteiger partial charge in [0.1, 0.15) is 5.52 Å². The highest BCUT2D eigenvalue weighted by Crippen LogP contribution is 2.22. The summed E-state index contributed by atoms with van der Waals surface area (Å²) in [4.78, 5) is 23.1. The normalized spacial score (nSPS) is 11.5. The Bertz CT molecular complexity index is 1200. The van der Waals surface area contributed by atoms with Gasteiger partial charge in [0.25, 0.3) is 5.69 Å². The van der Waals surface area contributed by atoms with E-state index in [1.54, 1.807) is 4.68 Å². The van der Waals surface area contributed by atoms with Crippen molar-refractivity contribution in [1.29, 1.82) is 0 Å². The Morgan fingerprint density at radius 1 is 0.893 bits per heavy atom. The molecule has 0 bridgehead atoms. The maximum absolute atomic E-state index is 12.8. The van der Waals surface area contributed by atoms with Crippen LogP contribution in [0.25, 0.3) is 16.7 Å². The van der Waals surface area contributed by atoms with Gasteiger partial charge >= 0.3 is 0 Å². The fourth-order valence-electron chi connectivity index (χ4n) is 2.88. The Hall–Kier alpha value is -4.13. The Morgan fingerprint density at radius 3 is 2.29 bits per heavy atom. The highest BCUT2D eigenvalue weighted by molar-refractivity contribution is 6.09. The molecule has 4 aromatic rings. The molecule has 0 N–H and O–H groups in total. The Labute approximate surface area is 159 Å². The second kappa shape index (κ2) is 7.24. The number of nitro benzene ring substituents is 1. The lowest BCUT2D eigenvalue weighted by Gasteiger charge is -2.09. The van der Waals surface area contributed by atoms with Gasteiger partial charge in [-0.1, -0.05) is 47.7 Å². The SMILES string of the molecule is O=C(/C=C(/c1ccccc1)n1nnc2ccccc21)c1ccc([N+](=O)[O-])cc1. The molecule has 0 atom stereocenters. The summed E-state index contributed by atoms with van der Waals surface area (Å²) in [6.07, 6.45) is 1.47. The molecular formula is C21H14N4O3. The van der Waals surface area contributed by atoms with Crippen molar-refractivity contribution < 1.29 is 9.72 Å². The lowest BCUT2D eigenvalue weighted by Crippen LogP contribution is -2.05. The summed E-state index contributed by atoms with van der Waals surface area (Å²) in [5, 5.41) is 19.2. The van der Waals surface area contributed by atoms with Crippen molar-refractivity contribution in [1.82, 2.24) is 15.0 Å². The van der Waals surface area contributed by atoms with Crippen LogP contribution in [0, 0.1) is 10.1 Å². The number of hydrogen-bond donors (Lipinski definition) is 0. The zero-order chi connectivity index (χ0) is 19.5. The van der Waals surface area contributed by atoms with Crippen LogP contribution in [-0.2, 0) is 0 Å². The summed E-state index contributed by atoms with van der Waals surface area (Å²) in [6, 6.07) is 22.4. The fraction of sp³-hybridized carbons (Fsp3) is 0. The van der Waals surface area contributed by atoms with Gasteiger partial charge in [0.2, 0.25) is 0 Å². The minimum atomic E-state index is -0.499. The minimum absolute atomic E-state index is 0.0638. The molecule has 0 aliphatic heterocycles. The van der Waals surface area contributed by atoms with Gasteiger partial charge in [-0.05, 0) is 24.3 Å². The third-order valence-corrected chi connectivity index (χ3v) is 4.28. The van der Waals surface area contributed by atoms with Crippen LogP contribution in [0.5, 0.6) is 0 Å². The third-order valence-electron chi connectivity index (χ3n) is 4.28. The van der Waals surface area contributed by atoms with E-state index in [1.807, 2.05) is 54.6 Å². The van der Waals surface area contributed by atoms with Crippen LogP contribution in [0.15, 0.2) is 84.9 Å². The summed E-state index contributed by atoms with van der Waals surface area (Å²) in [7, 11) is 0. The number of benzene rings is 3.